The maximum absolute atomic E-state index is 13.2. The summed E-state index contributed by atoms with van der Waals surface area (Å²) in [5, 5.41) is 7.28. The monoisotopic (exact) mass is 364 g/mol. The Hall–Kier alpha value is -2.73. The fourth-order valence-electron chi connectivity index (χ4n) is 4.66. The highest BCUT2D eigenvalue weighted by molar-refractivity contribution is 5.62. The highest BCUT2D eigenvalue weighted by atomic mass is 19.1. The summed E-state index contributed by atoms with van der Waals surface area (Å²) in [5.74, 6) is 0.655. The third-order valence-corrected chi connectivity index (χ3v) is 5.80. The molecule has 138 valence electrons. The molecule has 2 bridgehead atoms. The smallest absolute Gasteiger partial charge is 0.250 e. The molecule has 0 spiro atoms. The summed E-state index contributed by atoms with van der Waals surface area (Å²) in [6.45, 7) is 3.52. The number of likely N-dealkylation sites (tertiary alicyclic amines) is 1. The number of piperidine rings is 1. The molecule has 2 aliphatic rings. The first-order chi connectivity index (χ1) is 13.2. The molecule has 1 aromatic carbocycles. The van der Waals surface area contributed by atoms with Crippen molar-refractivity contribution in [1.82, 2.24) is 19.7 Å². The molecule has 1 saturated heterocycles. The second kappa shape index (κ2) is 6.46. The van der Waals surface area contributed by atoms with E-state index in [1.807, 2.05) is 16.8 Å². The molecule has 2 unspecified atom stereocenters. The predicted octanol–water partition coefficient (Wildman–Crippen LogP) is 3.00. The van der Waals surface area contributed by atoms with E-state index in [4.69, 9.17) is 0 Å². The Kier molecular flexibility index (Phi) is 3.93. The minimum Gasteiger partial charge on any atom is -0.312 e. The van der Waals surface area contributed by atoms with Crippen LogP contribution in [0.3, 0.4) is 0 Å². The number of H-pyrrole nitrogens is 1. The van der Waals surface area contributed by atoms with E-state index in [0.717, 1.165) is 55.1 Å². The van der Waals surface area contributed by atoms with Crippen molar-refractivity contribution in [2.45, 2.75) is 25.4 Å². The number of rotatable bonds is 3. The standard InChI is InChI=1S/C21H21FN4O/c22-18-6-4-15(5-7-18)21-17(9-23-24-21)13-25-10-14-8-16(12-25)19-2-1-3-20(27)26(19)11-14/h1-7,9,14,16H,8,10-13H2,(H,23,24). The molecule has 6 heteroatoms. The number of nitrogens with one attached hydrogen (secondary N) is 1. The molecular weight excluding hydrogens is 343 g/mol. The van der Waals surface area contributed by atoms with E-state index in [1.165, 1.54) is 12.1 Å². The van der Waals surface area contributed by atoms with Crippen molar-refractivity contribution in [3.63, 3.8) is 0 Å². The van der Waals surface area contributed by atoms with Crippen LogP contribution < -0.4 is 5.56 Å². The molecule has 1 fully saturated rings. The summed E-state index contributed by atoms with van der Waals surface area (Å²) >= 11 is 0. The summed E-state index contributed by atoms with van der Waals surface area (Å²) in [5.41, 5.74) is 4.28. The molecule has 5 rings (SSSR count). The first-order valence-corrected chi connectivity index (χ1v) is 9.37. The summed E-state index contributed by atoms with van der Waals surface area (Å²) < 4.78 is 15.2. The van der Waals surface area contributed by atoms with Crippen LogP contribution >= 0.6 is 0 Å². The molecule has 2 aromatic heterocycles. The second-order valence-corrected chi connectivity index (χ2v) is 7.67. The van der Waals surface area contributed by atoms with Gasteiger partial charge >= 0.3 is 0 Å². The van der Waals surface area contributed by atoms with Crippen molar-refractivity contribution in [2.24, 2.45) is 5.92 Å². The van der Waals surface area contributed by atoms with Crippen LogP contribution in [0.4, 0.5) is 4.39 Å². The number of aromatic nitrogens is 3. The average Bonchev–Trinajstić information content (AvgIpc) is 3.11. The normalized spacial score (nSPS) is 21.8. The van der Waals surface area contributed by atoms with Crippen LogP contribution in [0.5, 0.6) is 0 Å². The number of benzene rings is 1. The lowest BCUT2D eigenvalue weighted by Crippen LogP contribution is -2.46. The van der Waals surface area contributed by atoms with Crippen LogP contribution in [-0.2, 0) is 13.1 Å². The van der Waals surface area contributed by atoms with Crippen LogP contribution in [0, 0.1) is 11.7 Å². The third-order valence-electron chi connectivity index (χ3n) is 5.80. The maximum atomic E-state index is 13.2. The van der Waals surface area contributed by atoms with Crippen molar-refractivity contribution >= 4 is 0 Å². The number of halogens is 1. The zero-order valence-corrected chi connectivity index (χ0v) is 14.9. The molecule has 0 saturated carbocycles. The summed E-state index contributed by atoms with van der Waals surface area (Å²) in [6.07, 6.45) is 3.01. The van der Waals surface area contributed by atoms with Gasteiger partial charge in [0, 0.05) is 55.0 Å². The van der Waals surface area contributed by atoms with Gasteiger partial charge in [0.2, 0.25) is 0 Å². The Morgan fingerprint density at radius 3 is 2.81 bits per heavy atom. The van der Waals surface area contributed by atoms with Gasteiger partial charge in [-0.05, 0) is 42.7 Å². The van der Waals surface area contributed by atoms with Crippen molar-refractivity contribution in [3.05, 3.63) is 76.1 Å². The number of aromatic amines is 1. The molecule has 0 aliphatic carbocycles. The number of pyridine rings is 1. The first kappa shape index (κ1) is 16.4. The molecule has 0 amide bonds. The topological polar surface area (TPSA) is 53.9 Å². The molecule has 5 nitrogen and oxygen atoms in total. The van der Waals surface area contributed by atoms with E-state index in [9.17, 15) is 9.18 Å². The molecule has 2 atom stereocenters. The van der Waals surface area contributed by atoms with Gasteiger partial charge in [-0.15, -0.1) is 0 Å². The minimum atomic E-state index is -0.238. The van der Waals surface area contributed by atoms with Crippen LogP contribution in [0.2, 0.25) is 0 Å². The molecular formula is C21H21FN4O. The van der Waals surface area contributed by atoms with Crippen LogP contribution in [0.25, 0.3) is 11.3 Å². The van der Waals surface area contributed by atoms with Crippen molar-refractivity contribution in [1.29, 1.82) is 0 Å². The number of hydrogen-bond acceptors (Lipinski definition) is 3. The van der Waals surface area contributed by atoms with E-state index < -0.39 is 0 Å². The zero-order chi connectivity index (χ0) is 18.4. The average molecular weight is 364 g/mol. The predicted molar refractivity (Wildman–Crippen MR) is 101 cm³/mol. The fourth-order valence-corrected chi connectivity index (χ4v) is 4.66. The fraction of sp³-hybridized carbons (Fsp3) is 0.333. The van der Waals surface area contributed by atoms with Crippen LogP contribution in [-0.4, -0.2) is 32.8 Å². The number of fused-ring (bicyclic) bond motifs is 4. The van der Waals surface area contributed by atoms with E-state index in [1.54, 1.807) is 18.2 Å². The molecule has 3 aromatic rings. The molecule has 2 aliphatic heterocycles. The van der Waals surface area contributed by atoms with Gasteiger partial charge in [0.1, 0.15) is 5.82 Å². The summed E-state index contributed by atoms with van der Waals surface area (Å²) in [6, 6.07) is 12.1. The zero-order valence-electron chi connectivity index (χ0n) is 14.9. The van der Waals surface area contributed by atoms with Gasteiger partial charge in [-0.2, -0.15) is 5.10 Å². The Bertz CT molecular complexity index is 1020. The highest BCUT2D eigenvalue weighted by Gasteiger charge is 2.34. The van der Waals surface area contributed by atoms with Crippen LogP contribution in [0.15, 0.2) is 53.5 Å². The molecule has 27 heavy (non-hydrogen) atoms. The Morgan fingerprint density at radius 1 is 1.11 bits per heavy atom. The summed E-state index contributed by atoms with van der Waals surface area (Å²) in [7, 11) is 0. The largest absolute Gasteiger partial charge is 0.312 e. The minimum absolute atomic E-state index is 0.115. The van der Waals surface area contributed by atoms with E-state index in [-0.39, 0.29) is 11.4 Å². The Morgan fingerprint density at radius 2 is 1.96 bits per heavy atom. The maximum Gasteiger partial charge on any atom is 0.250 e. The van der Waals surface area contributed by atoms with E-state index in [0.29, 0.717) is 11.8 Å². The first-order valence-electron chi connectivity index (χ1n) is 9.37. The van der Waals surface area contributed by atoms with Gasteiger partial charge in [0.25, 0.3) is 5.56 Å². The van der Waals surface area contributed by atoms with Gasteiger partial charge in [-0.3, -0.25) is 14.8 Å². The van der Waals surface area contributed by atoms with Gasteiger partial charge in [0.15, 0.2) is 0 Å². The van der Waals surface area contributed by atoms with Gasteiger partial charge in [-0.1, -0.05) is 6.07 Å². The lowest BCUT2D eigenvalue weighted by Gasteiger charge is -2.42. The quantitative estimate of drug-likeness (QED) is 0.777. The van der Waals surface area contributed by atoms with Gasteiger partial charge < -0.3 is 4.57 Å². The molecule has 0 radical (unpaired) electrons. The number of nitrogens with zero attached hydrogens (tertiary/aromatic N) is 3. The van der Waals surface area contributed by atoms with E-state index in [2.05, 4.69) is 21.2 Å². The third kappa shape index (κ3) is 3.00. The van der Waals surface area contributed by atoms with Gasteiger partial charge in [-0.25, -0.2) is 4.39 Å². The second-order valence-electron chi connectivity index (χ2n) is 7.67. The number of hydrogen-bond donors (Lipinski definition) is 1. The molecule has 4 heterocycles. The van der Waals surface area contributed by atoms with Crippen LogP contribution in [0.1, 0.15) is 23.6 Å². The van der Waals surface area contributed by atoms with Crippen molar-refractivity contribution in [2.75, 3.05) is 13.1 Å². The SMILES string of the molecule is O=c1cccc2n1CC1CC2CN(Cc2cn[nH]c2-c2ccc(F)cc2)C1. The van der Waals surface area contributed by atoms with Crippen molar-refractivity contribution < 1.29 is 4.39 Å². The molecule has 1 N–H and O–H groups in total. The highest BCUT2D eigenvalue weighted by Crippen LogP contribution is 2.36. The Labute approximate surface area is 156 Å². The van der Waals surface area contributed by atoms with E-state index >= 15 is 0 Å². The van der Waals surface area contributed by atoms with Crippen molar-refractivity contribution in [3.8, 4) is 11.3 Å². The lowest BCUT2D eigenvalue weighted by atomic mass is 9.83. The Balaban J connectivity index is 1.39. The summed E-state index contributed by atoms with van der Waals surface area (Å²) in [4.78, 5) is 14.6. The van der Waals surface area contributed by atoms with Gasteiger partial charge in [0.05, 0.1) is 11.9 Å². The lowest BCUT2D eigenvalue weighted by molar-refractivity contribution is 0.114.